The molecule has 1 aliphatic rings. The molecular formula is C11H9BrN2S. The van der Waals surface area contributed by atoms with Crippen LogP contribution < -0.4 is 0 Å². The maximum Gasteiger partial charge on any atom is 0.143 e. The van der Waals surface area contributed by atoms with Crippen LogP contribution in [0.2, 0.25) is 0 Å². The van der Waals surface area contributed by atoms with Crippen molar-refractivity contribution < 1.29 is 0 Å². The van der Waals surface area contributed by atoms with Gasteiger partial charge in [-0.15, -0.1) is 11.3 Å². The first kappa shape index (κ1) is 9.48. The van der Waals surface area contributed by atoms with E-state index in [1.165, 1.54) is 23.4 Å². The summed E-state index contributed by atoms with van der Waals surface area (Å²) in [6.45, 7) is 0. The van der Waals surface area contributed by atoms with Crippen LogP contribution in [0.5, 0.6) is 0 Å². The van der Waals surface area contributed by atoms with Crippen LogP contribution in [0.3, 0.4) is 0 Å². The van der Waals surface area contributed by atoms with Crippen LogP contribution in [0.1, 0.15) is 17.0 Å². The highest BCUT2D eigenvalue weighted by Crippen LogP contribution is 2.35. The third kappa shape index (κ3) is 1.62. The van der Waals surface area contributed by atoms with Gasteiger partial charge < -0.3 is 0 Å². The van der Waals surface area contributed by atoms with Crippen molar-refractivity contribution in [2.24, 2.45) is 0 Å². The second-order valence-corrected chi connectivity index (χ2v) is 5.51. The maximum atomic E-state index is 4.65. The van der Waals surface area contributed by atoms with Crippen LogP contribution in [-0.4, -0.2) is 9.97 Å². The van der Waals surface area contributed by atoms with Gasteiger partial charge in [0.15, 0.2) is 0 Å². The highest BCUT2D eigenvalue weighted by molar-refractivity contribution is 9.10. The van der Waals surface area contributed by atoms with Gasteiger partial charge in [-0.25, -0.2) is 4.98 Å². The number of hydrogen-bond donors (Lipinski definition) is 0. The fourth-order valence-corrected chi connectivity index (χ4v) is 3.57. The molecule has 2 aromatic heterocycles. The molecule has 0 saturated heterocycles. The first-order valence-electron chi connectivity index (χ1n) is 4.94. The molecule has 0 atom stereocenters. The average molecular weight is 281 g/mol. The lowest BCUT2D eigenvalue weighted by Gasteiger charge is -1.97. The molecule has 0 saturated carbocycles. The average Bonchev–Trinajstić information content (AvgIpc) is 2.77. The van der Waals surface area contributed by atoms with E-state index in [-0.39, 0.29) is 0 Å². The normalized spacial score (nSPS) is 14.2. The van der Waals surface area contributed by atoms with Gasteiger partial charge in [-0.3, -0.25) is 4.98 Å². The smallest absolute Gasteiger partial charge is 0.143 e. The Labute approximate surface area is 101 Å². The Hall–Kier alpha value is -0.740. The summed E-state index contributed by atoms with van der Waals surface area (Å²) in [5.41, 5.74) is 2.25. The van der Waals surface area contributed by atoms with Gasteiger partial charge >= 0.3 is 0 Å². The van der Waals surface area contributed by atoms with E-state index in [9.17, 15) is 0 Å². The first-order chi connectivity index (χ1) is 7.34. The third-order valence-electron chi connectivity index (χ3n) is 2.56. The minimum absolute atomic E-state index is 0.969. The summed E-state index contributed by atoms with van der Waals surface area (Å²) in [4.78, 5) is 10.5. The second kappa shape index (κ2) is 3.68. The summed E-state index contributed by atoms with van der Waals surface area (Å²) in [6.07, 6.45) is 5.40. The minimum atomic E-state index is 0.969. The Morgan fingerprint density at radius 3 is 3.07 bits per heavy atom. The molecule has 2 heterocycles. The van der Waals surface area contributed by atoms with E-state index in [2.05, 4.69) is 25.9 Å². The van der Waals surface area contributed by atoms with Gasteiger partial charge in [0.05, 0.1) is 5.69 Å². The summed E-state index contributed by atoms with van der Waals surface area (Å²) < 4.78 is 1.03. The molecule has 0 radical (unpaired) electrons. The summed E-state index contributed by atoms with van der Waals surface area (Å²) in [6, 6.07) is 3.93. The fraction of sp³-hybridized carbons (Fsp3) is 0.273. The largest absolute Gasteiger partial charge is 0.253 e. The van der Waals surface area contributed by atoms with E-state index >= 15 is 0 Å². The lowest BCUT2D eigenvalue weighted by Crippen LogP contribution is -1.85. The van der Waals surface area contributed by atoms with Crippen molar-refractivity contribution in [1.82, 2.24) is 9.97 Å². The molecule has 76 valence electrons. The lowest BCUT2D eigenvalue weighted by molar-refractivity contribution is 0.900. The highest BCUT2D eigenvalue weighted by atomic mass is 79.9. The Morgan fingerprint density at radius 1 is 1.33 bits per heavy atom. The lowest BCUT2D eigenvalue weighted by atomic mass is 10.3. The SMILES string of the molecule is Brc1cccnc1-c1nc2c(s1)CCC2. The van der Waals surface area contributed by atoms with Crippen LogP contribution in [0.15, 0.2) is 22.8 Å². The molecule has 2 aromatic rings. The zero-order chi connectivity index (χ0) is 10.3. The molecule has 0 N–H and O–H groups in total. The molecule has 0 spiro atoms. The number of rotatable bonds is 1. The molecule has 15 heavy (non-hydrogen) atoms. The van der Waals surface area contributed by atoms with Crippen LogP contribution in [0, 0.1) is 0 Å². The van der Waals surface area contributed by atoms with E-state index < -0.39 is 0 Å². The van der Waals surface area contributed by atoms with Crippen molar-refractivity contribution in [3.63, 3.8) is 0 Å². The first-order valence-corrected chi connectivity index (χ1v) is 6.55. The number of fused-ring (bicyclic) bond motifs is 1. The fourth-order valence-electron chi connectivity index (χ4n) is 1.83. The predicted molar refractivity (Wildman–Crippen MR) is 65.1 cm³/mol. The van der Waals surface area contributed by atoms with Crippen molar-refractivity contribution in [3.05, 3.63) is 33.4 Å². The molecule has 0 aromatic carbocycles. The van der Waals surface area contributed by atoms with Crippen LogP contribution in [0.4, 0.5) is 0 Å². The quantitative estimate of drug-likeness (QED) is 0.800. The van der Waals surface area contributed by atoms with E-state index in [1.807, 2.05) is 18.3 Å². The minimum Gasteiger partial charge on any atom is -0.253 e. The van der Waals surface area contributed by atoms with E-state index in [1.54, 1.807) is 11.3 Å². The Balaban J connectivity index is 2.10. The molecule has 0 unspecified atom stereocenters. The molecule has 1 aliphatic carbocycles. The molecule has 0 aliphatic heterocycles. The van der Waals surface area contributed by atoms with E-state index in [0.717, 1.165) is 21.6 Å². The summed E-state index contributed by atoms with van der Waals surface area (Å²) in [7, 11) is 0. The molecule has 0 bridgehead atoms. The van der Waals surface area contributed by atoms with Crippen molar-refractivity contribution >= 4 is 27.3 Å². The monoisotopic (exact) mass is 280 g/mol. The summed E-state index contributed by atoms with van der Waals surface area (Å²) in [5, 5.41) is 1.05. The number of pyridine rings is 1. The topological polar surface area (TPSA) is 25.8 Å². The summed E-state index contributed by atoms with van der Waals surface area (Å²) >= 11 is 5.30. The van der Waals surface area contributed by atoms with Crippen molar-refractivity contribution in [3.8, 4) is 10.7 Å². The van der Waals surface area contributed by atoms with Crippen molar-refractivity contribution in [2.45, 2.75) is 19.3 Å². The van der Waals surface area contributed by atoms with E-state index in [0.29, 0.717) is 0 Å². The number of hydrogen-bond acceptors (Lipinski definition) is 3. The van der Waals surface area contributed by atoms with Gasteiger partial charge in [0.25, 0.3) is 0 Å². The molecule has 2 nitrogen and oxygen atoms in total. The molecule has 0 amide bonds. The van der Waals surface area contributed by atoms with Gasteiger partial charge in [-0.1, -0.05) is 0 Å². The maximum absolute atomic E-state index is 4.65. The van der Waals surface area contributed by atoms with E-state index in [4.69, 9.17) is 0 Å². The standard InChI is InChI=1S/C11H9BrN2S/c12-7-3-2-6-13-10(7)11-14-8-4-1-5-9(8)15-11/h2-3,6H,1,4-5H2. The van der Waals surface area contributed by atoms with Crippen LogP contribution in [0.25, 0.3) is 10.7 Å². The third-order valence-corrected chi connectivity index (χ3v) is 4.36. The molecule has 4 heteroatoms. The second-order valence-electron chi connectivity index (χ2n) is 3.58. The Morgan fingerprint density at radius 2 is 2.27 bits per heavy atom. The highest BCUT2D eigenvalue weighted by Gasteiger charge is 2.18. The zero-order valence-electron chi connectivity index (χ0n) is 8.03. The number of nitrogens with zero attached hydrogens (tertiary/aromatic N) is 2. The Kier molecular flexibility index (Phi) is 2.33. The Bertz CT molecular complexity index is 486. The summed E-state index contributed by atoms with van der Waals surface area (Å²) in [5.74, 6) is 0. The zero-order valence-corrected chi connectivity index (χ0v) is 10.4. The van der Waals surface area contributed by atoms with Gasteiger partial charge in [0.1, 0.15) is 10.7 Å². The number of halogens is 1. The van der Waals surface area contributed by atoms with Crippen molar-refractivity contribution in [2.75, 3.05) is 0 Å². The van der Waals surface area contributed by atoms with Crippen molar-refractivity contribution in [1.29, 1.82) is 0 Å². The van der Waals surface area contributed by atoms with Crippen LogP contribution in [-0.2, 0) is 12.8 Å². The van der Waals surface area contributed by atoms with Gasteiger partial charge in [0.2, 0.25) is 0 Å². The number of aryl methyl sites for hydroxylation is 2. The van der Waals surface area contributed by atoms with Gasteiger partial charge in [0, 0.05) is 15.5 Å². The van der Waals surface area contributed by atoms with Crippen LogP contribution >= 0.6 is 27.3 Å². The number of aromatic nitrogens is 2. The molecule has 3 rings (SSSR count). The van der Waals surface area contributed by atoms with Gasteiger partial charge in [-0.05, 0) is 47.3 Å². The number of thiazole rings is 1. The predicted octanol–water partition coefficient (Wildman–Crippen LogP) is 3.46. The molecule has 0 fully saturated rings. The molecular weight excluding hydrogens is 272 g/mol. The van der Waals surface area contributed by atoms with Gasteiger partial charge in [-0.2, -0.15) is 0 Å².